The summed E-state index contributed by atoms with van der Waals surface area (Å²) < 4.78 is 26.9. The minimum Gasteiger partial charge on any atom is -0.207 e. The van der Waals surface area contributed by atoms with Gasteiger partial charge in [0.25, 0.3) is 0 Å². The van der Waals surface area contributed by atoms with Crippen LogP contribution in [-0.2, 0) is 6.42 Å². The fraction of sp³-hybridized carbons (Fsp3) is 0.143. The molecule has 2 aromatic carbocycles. The number of hydrogen-bond donors (Lipinski definition) is 0. The lowest BCUT2D eigenvalue weighted by atomic mass is 10.0. The molecule has 94 valence electrons. The topological polar surface area (TPSA) is 0 Å². The quantitative estimate of drug-likeness (QED) is 0.541. The summed E-state index contributed by atoms with van der Waals surface area (Å²) in [6.45, 7) is 0. The molecule has 0 aliphatic carbocycles. The van der Waals surface area contributed by atoms with E-state index < -0.39 is 17.0 Å². The normalized spacial score (nSPS) is 12.4. The van der Waals surface area contributed by atoms with E-state index in [0.29, 0.717) is 6.42 Å². The highest BCUT2D eigenvalue weighted by molar-refractivity contribution is 6.30. The van der Waals surface area contributed by atoms with Gasteiger partial charge in [0.1, 0.15) is 11.6 Å². The Morgan fingerprint density at radius 3 is 2.33 bits per heavy atom. The van der Waals surface area contributed by atoms with E-state index in [1.54, 1.807) is 0 Å². The van der Waals surface area contributed by atoms with Crippen LogP contribution < -0.4 is 0 Å². The average molecular weight is 287 g/mol. The minimum absolute atomic E-state index is 0.127. The van der Waals surface area contributed by atoms with Gasteiger partial charge in [-0.05, 0) is 24.1 Å². The second-order valence-corrected chi connectivity index (χ2v) is 4.88. The Morgan fingerprint density at radius 1 is 1.00 bits per heavy atom. The zero-order chi connectivity index (χ0) is 13.1. The van der Waals surface area contributed by atoms with Crippen LogP contribution in [0, 0.1) is 11.6 Å². The van der Waals surface area contributed by atoms with Gasteiger partial charge in [0.2, 0.25) is 0 Å². The van der Waals surface area contributed by atoms with Crippen molar-refractivity contribution in [3.05, 3.63) is 70.2 Å². The lowest BCUT2D eigenvalue weighted by Gasteiger charge is -2.11. The summed E-state index contributed by atoms with van der Waals surface area (Å²) in [6, 6.07) is 11.4. The Balaban J connectivity index is 2.24. The number of halogens is 4. The van der Waals surface area contributed by atoms with Crippen molar-refractivity contribution in [2.45, 2.75) is 11.8 Å². The first-order chi connectivity index (χ1) is 8.58. The fourth-order valence-corrected chi connectivity index (χ4v) is 2.20. The summed E-state index contributed by atoms with van der Waals surface area (Å²) in [4.78, 5) is 0. The molecular formula is C14H10Cl2F2. The summed E-state index contributed by atoms with van der Waals surface area (Å²) in [5, 5.41) is -0.862. The third-order valence-electron chi connectivity index (χ3n) is 2.63. The highest BCUT2D eigenvalue weighted by Crippen LogP contribution is 2.30. The molecule has 0 N–H and O–H groups in total. The van der Waals surface area contributed by atoms with Gasteiger partial charge < -0.3 is 0 Å². The predicted molar refractivity (Wildman–Crippen MR) is 70.1 cm³/mol. The summed E-state index contributed by atoms with van der Waals surface area (Å²) in [6.07, 6.45) is 0.431. The summed E-state index contributed by atoms with van der Waals surface area (Å²) in [5.74, 6) is -1.25. The van der Waals surface area contributed by atoms with E-state index in [0.717, 1.165) is 17.7 Å². The number of benzene rings is 2. The van der Waals surface area contributed by atoms with Crippen LogP contribution in [0.5, 0.6) is 0 Å². The summed E-state index contributed by atoms with van der Waals surface area (Å²) >= 11 is 11.6. The maximum absolute atomic E-state index is 13.6. The lowest BCUT2D eigenvalue weighted by molar-refractivity contribution is 0.582. The second-order valence-electron chi connectivity index (χ2n) is 3.95. The van der Waals surface area contributed by atoms with Crippen molar-refractivity contribution < 1.29 is 8.78 Å². The number of rotatable bonds is 3. The van der Waals surface area contributed by atoms with Crippen molar-refractivity contribution in [3.63, 3.8) is 0 Å². The zero-order valence-corrected chi connectivity index (χ0v) is 10.8. The number of hydrogen-bond acceptors (Lipinski definition) is 0. The fourth-order valence-electron chi connectivity index (χ4n) is 1.71. The van der Waals surface area contributed by atoms with Gasteiger partial charge in [0.05, 0.1) is 10.4 Å². The van der Waals surface area contributed by atoms with E-state index in [2.05, 4.69) is 0 Å². The van der Waals surface area contributed by atoms with Gasteiger partial charge in [0.15, 0.2) is 0 Å². The van der Waals surface area contributed by atoms with Gasteiger partial charge in [-0.2, -0.15) is 0 Å². The maximum Gasteiger partial charge on any atom is 0.142 e. The molecule has 4 heteroatoms. The minimum atomic E-state index is -0.660. The van der Waals surface area contributed by atoms with Crippen molar-refractivity contribution in [2.24, 2.45) is 0 Å². The van der Waals surface area contributed by atoms with Crippen LogP contribution in [-0.4, -0.2) is 0 Å². The second kappa shape index (κ2) is 5.68. The van der Waals surface area contributed by atoms with Gasteiger partial charge in [-0.25, -0.2) is 8.78 Å². The van der Waals surface area contributed by atoms with Crippen LogP contribution in [0.3, 0.4) is 0 Å². The van der Waals surface area contributed by atoms with Crippen LogP contribution in [0.1, 0.15) is 16.5 Å². The SMILES string of the molecule is Fc1cc(C(Cl)Cc2ccccc2)c(F)cc1Cl. The molecule has 0 radical (unpaired) electrons. The first kappa shape index (κ1) is 13.3. The Hall–Kier alpha value is -1.12. The zero-order valence-electron chi connectivity index (χ0n) is 9.34. The standard InChI is InChI=1S/C14H10Cl2F2/c15-11(6-9-4-2-1-3-5-9)10-7-14(18)12(16)8-13(10)17/h1-5,7-8,11H,6H2. The first-order valence-electron chi connectivity index (χ1n) is 5.40. The van der Waals surface area contributed by atoms with Gasteiger partial charge in [-0.3, -0.25) is 0 Å². The smallest absolute Gasteiger partial charge is 0.142 e. The maximum atomic E-state index is 13.6. The molecule has 0 amide bonds. The number of alkyl halides is 1. The highest BCUT2D eigenvalue weighted by Gasteiger charge is 2.16. The molecule has 0 spiro atoms. The molecule has 1 atom stereocenters. The van der Waals surface area contributed by atoms with Gasteiger partial charge >= 0.3 is 0 Å². The Kier molecular flexibility index (Phi) is 4.20. The van der Waals surface area contributed by atoms with Gasteiger partial charge in [-0.1, -0.05) is 41.9 Å². The molecule has 0 aromatic heterocycles. The molecule has 2 aromatic rings. The van der Waals surface area contributed by atoms with Crippen molar-refractivity contribution in [2.75, 3.05) is 0 Å². The van der Waals surface area contributed by atoms with Gasteiger partial charge in [-0.15, -0.1) is 11.6 Å². The van der Waals surface area contributed by atoms with E-state index in [4.69, 9.17) is 23.2 Å². The molecule has 0 aliphatic heterocycles. The van der Waals surface area contributed by atoms with Crippen molar-refractivity contribution in [1.82, 2.24) is 0 Å². The van der Waals surface area contributed by atoms with Gasteiger partial charge in [0, 0.05) is 5.56 Å². The van der Waals surface area contributed by atoms with Crippen molar-refractivity contribution in [3.8, 4) is 0 Å². The van der Waals surface area contributed by atoms with E-state index in [1.165, 1.54) is 0 Å². The lowest BCUT2D eigenvalue weighted by Crippen LogP contribution is -2.00. The molecule has 0 saturated heterocycles. The van der Waals surface area contributed by atoms with E-state index >= 15 is 0 Å². The van der Waals surface area contributed by atoms with E-state index in [-0.39, 0.29) is 10.6 Å². The van der Waals surface area contributed by atoms with E-state index in [9.17, 15) is 8.78 Å². The molecule has 0 nitrogen and oxygen atoms in total. The molecule has 0 fully saturated rings. The third kappa shape index (κ3) is 3.01. The Bertz CT molecular complexity index is 541. The molecule has 18 heavy (non-hydrogen) atoms. The van der Waals surface area contributed by atoms with Crippen LogP contribution in [0.4, 0.5) is 8.78 Å². The van der Waals surface area contributed by atoms with Crippen molar-refractivity contribution in [1.29, 1.82) is 0 Å². The van der Waals surface area contributed by atoms with Crippen LogP contribution in [0.15, 0.2) is 42.5 Å². The molecule has 0 bridgehead atoms. The summed E-state index contributed by atoms with van der Waals surface area (Å²) in [7, 11) is 0. The summed E-state index contributed by atoms with van der Waals surface area (Å²) in [5.41, 5.74) is 1.09. The molecule has 0 heterocycles. The van der Waals surface area contributed by atoms with Crippen LogP contribution >= 0.6 is 23.2 Å². The predicted octanol–water partition coefficient (Wildman–Crippen LogP) is 5.14. The molecule has 0 saturated carbocycles. The monoisotopic (exact) mass is 286 g/mol. The molecule has 2 rings (SSSR count). The largest absolute Gasteiger partial charge is 0.207 e. The van der Waals surface area contributed by atoms with E-state index in [1.807, 2.05) is 30.3 Å². The first-order valence-corrected chi connectivity index (χ1v) is 6.22. The molecule has 1 unspecified atom stereocenters. The average Bonchev–Trinajstić information content (AvgIpc) is 2.35. The molecular weight excluding hydrogens is 277 g/mol. The third-order valence-corrected chi connectivity index (χ3v) is 3.31. The van der Waals surface area contributed by atoms with Crippen LogP contribution in [0.2, 0.25) is 5.02 Å². The van der Waals surface area contributed by atoms with Crippen LogP contribution in [0.25, 0.3) is 0 Å². The molecule has 0 aliphatic rings. The highest BCUT2D eigenvalue weighted by atomic mass is 35.5. The Labute approximate surface area is 114 Å². The Morgan fingerprint density at radius 2 is 1.67 bits per heavy atom. The van der Waals surface area contributed by atoms with Crippen molar-refractivity contribution >= 4 is 23.2 Å².